The van der Waals surface area contributed by atoms with Gasteiger partial charge in [0.25, 0.3) is 0 Å². The summed E-state index contributed by atoms with van der Waals surface area (Å²) >= 11 is 6.90. The molecule has 0 aliphatic heterocycles. The number of hydrogen-bond donors (Lipinski definition) is 0. The van der Waals surface area contributed by atoms with Gasteiger partial charge in [-0.1, -0.05) is 0 Å². The lowest BCUT2D eigenvalue weighted by Gasteiger charge is -2.11. The maximum Gasteiger partial charge on any atom is 0.151 e. The first kappa shape index (κ1) is 11.0. The fraction of sp³-hybridized carbons (Fsp3) is 0.444. The lowest BCUT2D eigenvalue weighted by molar-refractivity contribution is 0.334. The van der Waals surface area contributed by atoms with Crippen LogP contribution in [0.3, 0.4) is 0 Å². The fourth-order valence-electron chi connectivity index (χ4n) is 1.05. The van der Waals surface area contributed by atoms with Crippen molar-refractivity contribution in [3.8, 4) is 5.75 Å². The molecule has 13 heavy (non-hydrogen) atoms. The van der Waals surface area contributed by atoms with Crippen molar-refractivity contribution in [1.29, 1.82) is 0 Å². The number of aromatic nitrogens is 1. The van der Waals surface area contributed by atoms with E-state index in [1.54, 1.807) is 0 Å². The topological polar surface area (TPSA) is 22.1 Å². The van der Waals surface area contributed by atoms with E-state index in [0.717, 1.165) is 26.1 Å². The maximum atomic E-state index is 5.50. The minimum Gasteiger partial charge on any atom is -0.491 e. The zero-order valence-electron chi connectivity index (χ0n) is 7.82. The molecular weight excluding hydrogens is 298 g/mol. The van der Waals surface area contributed by atoms with Gasteiger partial charge < -0.3 is 4.74 Å². The number of hydrogen-bond acceptors (Lipinski definition) is 2. The highest BCUT2D eigenvalue weighted by atomic mass is 79.9. The Morgan fingerprint density at radius 2 is 1.62 bits per heavy atom. The zero-order valence-corrected chi connectivity index (χ0v) is 11.0. The lowest BCUT2D eigenvalue weighted by atomic mass is 10.3. The quantitative estimate of drug-likeness (QED) is 0.832. The molecule has 1 aromatic heterocycles. The second kappa shape index (κ2) is 4.42. The predicted molar refractivity (Wildman–Crippen MR) is 60.3 cm³/mol. The van der Waals surface area contributed by atoms with Crippen LogP contribution in [0, 0.1) is 13.8 Å². The van der Waals surface area contributed by atoms with Gasteiger partial charge in [0.2, 0.25) is 0 Å². The van der Waals surface area contributed by atoms with E-state index in [9.17, 15) is 0 Å². The predicted octanol–water partition coefficient (Wildman–Crippen LogP) is 3.62. The fourth-order valence-corrected chi connectivity index (χ4v) is 2.11. The van der Waals surface area contributed by atoms with Crippen LogP contribution in [0.2, 0.25) is 0 Å². The molecule has 1 rings (SSSR count). The van der Waals surface area contributed by atoms with Crippen molar-refractivity contribution in [1.82, 2.24) is 4.98 Å². The van der Waals surface area contributed by atoms with E-state index in [0.29, 0.717) is 6.61 Å². The summed E-state index contributed by atoms with van der Waals surface area (Å²) in [5, 5.41) is 0. The van der Waals surface area contributed by atoms with Crippen LogP contribution in [0.1, 0.15) is 18.3 Å². The third kappa shape index (κ3) is 2.23. The average molecular weight is 309 g/mol. The Hall–Kier alpha value is -0.0900. The van der Waals surface area contributed by atoms with Crippen molar-refractivity contribution >= 4 is 31.9 Å². The molecule has 0 bridgehead atoms. The van der Waals surface area contributed by atoms with Gasteiger partial charge >= 0.3 is 0 Å². The molecule has 0 saturated carbocycles. The van der Waals surface area contributed by atoms with Crippen LogP contribution in [-0.4, -0.2) is 11.6 Å². The largest absolute Gasteiger partial charge is 0.491 e. The monoisotopic (exact) mass is 307 g/mol. The SMILES string of the molecule is CCOc1c(Br)c(C)nc(C)c1Br. The summed E-state index contributed by atoms with van der Waals surface area (Å²) in [5.74, 6) is 0.840. The first-order valence-electron chi connectivity index (χ1n) is 4.03. The Balaban J connectivity index is 3.28. The Morgan fingerprint density at radius 3 is 2.00 bits per heavy atom. The van der Waals surface area contributed by atoms with E-state index in [2.05, 4.69) is 36.8 Å². The second-order valence-corrected chi connectivity index (χ2v) is 4.26. The third-order valence-electron chi connectivity index (χ3n) is 1.66. The number of pyridine rings is 1. The van der Waals surface area contributed by atoms with Crippen molar-refractivity contribution in [2.24, 2.45) is 0 Å². The van der Waals surface area contributed by atoms with E-state index in [4.69, 9.17) is 4.74 Å². The summed E-state index contributed by atoms with van der Waals surface area (Å²) in [6.07, 6.45) is 0. The molecule has 0 fully saturated rings. The summed E-state index contributed by atoms with van der Waals surface area (Å²) in [7, 11) is 0. The van der Waals surface area contributed by atoms with E-state index in [-0.39, 0.29) is 0 Å². The Morgan fingerprint density at radius 1 is 1.15 bits per heavy atom. The van der Waals surface area contributed by atoms with Gasteiger partial charge in [0.15, 0.2) is 5.75 Å². The van der Waals surface area contributed by atoms with Crippen LogP contribution in [0.25, 0.3) is 0 Å². The molecule has 2 nitrogen and oxygen atoms in total. The van der Waals surface area contributed by atoms with Gasteiger partial charge in [0.05, 0.1) is 26.9 Å². The highest BCUT2D eigenvalue weighted by molar-refractivity contribution is 9.11. The molecule has 0 unspecified atom stereocenters. The number of nitrogens with zero attached hydrogens (tertiary/aromatic N) is 1. The minimum atomic E-state index is 0.653. The normalized spacial score (nSPS) is 10.2. The number of halogens is 2. The molecule has 0 radical (unpaired) electrons. The molecule has 0 spiro atoms. The molecule has 0 N–H and O–H groups in total. The number of ether oxygens (including phenoxy) is 1. The van der Waals surface area contributed by atoms with Crippen molar-refractivity contribution in [3.63, 3.8) is 0 Å². The van der Waals surface area contributed by atoms with Crippen molar-refractivity contribution in [2.75, 3.05) is 6.61 Å². The van der Waals surface area contributed by atoms with Gasteiger partial charge in [-0.15, -0.1) is 0 Å². The molecule has 1 heterocycles. The number of rotatable bonds is 2. The van der Waals surface area contributed by atoms with Crippen LogP contribution in [-0.2, 0) is 0 Å². The third-order valence-corrected chi connectivity index (χ3v) is 3.53. The maximum absolute atomic E-state index is 5.50. The summed E-state index contributed by atoms with van der Waals surface area (Å²) < 4.78 is 7.34. The van der Waals surface area contributed by atoms with Crippen LogP contribution >= 0.6 is 31.9 Å². The molecule has 0 amide bonds. The highest BCUT2D eigenvalue weighted by Crippen LogP contribution is 2.36. The Bertz CT molecular complexity index is 300. The van der Waals surface area contributed by atoms with Gasteiger partial charge in [-0.2, -0.15) is 0 Å². The van der Waals surface area contributed by atoms with Gasteiger partial charge in [0, 0.05) is 0 Å². The average Bonchev–Trinajstić information content (AvgIpc) is 2.09. The molecule has 4 heteroatoms. The highest BCUT2D eigenvalue weighted by Gasteiger charge is 2.12. The summed E-state index contributed by atoms with van der Waals surface area (Å²) in [6.45, 7) is 6.52. The molecular formula is C9H11Br2NO. The number of aryl methyl sites for hydroxylation is 2. The van der Waals surface area contributed by atoms with E-state index in [1.807, 2.05) is 20.8 Å². The smallest absolute Gasteiger partial charge is 0.151 e. The second-order valence-electron chi connectivity index (χ2n) is 2.67. The first-order valence-corrected chi connectivity index (χ1v) is 5.61. The van der Waals surface area contributed by atoms with E-state index in [1.165, 1.54) is 0 Å². The first-order chi connectivity index (χ1) is 6.07. The van der Waals surface area contributed by atoms with Crippen LogP contribution in [0.15, 0.2) is 8.95 Å². The molecule has 0 aliphatic carbocycles. The summed E-state index contributed by atoms with van der Waals surface area (Å²) in [4.78, 5) is 4.34. The lowest BCUT2D eigenvalue weighted by Crippen LogP contribution is -1.98. The van der Waals surface area contributed by atoms with Crippen molar-refractivity contribution in [3.05, 3.63) is 20.3 Å². The molecule has 0 aromatic carbocycles. The molecule has 0 aliphatic rings. The zero-order chi connectivity index (χ0) is 10.0. The standard InChI is InChI=1S/C9H11Br2NO/c1-4-13-9-7(10)5(2)12-6(3)8(9)11/h4H2,1-3H3. The van der Waals surface area contributed by atoms with E-state index < -0.39 is 0 Å². The summed E-state index contributed by atoms with van der Waals surface area (Å²) in [6, 6.07) is 0. The van der Waals surface area contributed by atoms with Crippen LogP contribution in [0.4, 0.5) is 0 Å². The molecule has 72 valence electrons. The van der Waals surface area contributed by atoms with E-state index >= 15 is 0 Å². The van der Waals surface area contributed by atoms with Gasteiger partial charge in [-0.3, -0.25) is 4.98 Å². The van der Waals surface area contributed by atoms with Crippen molar-refractivity contribution < 1.29 is 4.74 Å². The molecule has 0 saturated heterocycles. The van der Waals surface area contributed by atoms with Gasteiger partial charge in [-0.05, 0) is 52.6 Å². The minimum absolute atomic E-state index is 0.653. The van der Waals surface area contributed by atoms with Gasteiger partial charge in [0.1, 0.15) is 0 Å². The molecule has 1 aromatic rings. The molecule has 0 atom stereocenters. The van der Waals surface area contributed by atoms with Crippen molar-refractivity contribution in [2.45, 2.75) is 20.8 Å². The van der Waals surface area contributed by atoms with Crippen LogP contribution < -0.4 is 4.74 Å². The van der Waals surface area contributed by atoms with Gasteiger partial charge in [-0.25, -0.2) is 0 Å². The van der Waals surface area contributed by atoms with Crippen LogP contribution in [0.5, 0.6) is 5.75 Å². The summed E-state index contributed by atoms with van der Waals surface area (Å²) in [5.41, 5.74) is 1.90. The Labute approximate surface area is 95.0 Å². The Kier molecular flexibility index (Phi) is 3.74.